The molecule has 2 N–H and O–H groups in total. The molecule has 5 heteroatoms. The predicted molar refractivity (Wildman–Crippen MR) is 83.8 cm³/mol. The second kappa shape index (κ2) is 6.77. The Kier molecular flexibility index (Phi) is 4.56. The smallest absolute Gasteiger partial charge is 0.287 e. The second-order valence-corrected chi connectivity index (χ2v) is 5.28. The molecule has 0 fully saturated rings. The number of furan rings is 1. The lowest BCUT2D eigenvalue weighted by molar-refractivity contribution is 0.0910. The molecule has 0 spiro atoms. The Morgan fingerprint density at radius 3 is 3.14 bits per heavy atom. The van der Waals surface area contributed by atoms with Crippen LogP contribution < -0.4 is 10.6 Å². The molecule has 0 saturated heterocycles. The minimum absolute atomic E-state index is 0.213. The van der Waals surface area contributed by atoms with Crippen molar-refractivity contribution in [2.75, 3.05) is 26.8 Å². The van der Waals surface area contributed by atoms with Gasteiger partial charge in [0.25, 0.3) is 5.91 Å². The number of methoxy groups -OCH3 is 1. The summed E-state index contributed by atoms with van der Waals surface area (Å²) in [4.78, 5) is 12.0. The van der Waals surface area contributed by atoms with Crippen molar-refractivity contribution in [2.45, 2.75) is 13.0 Å². The summed E-state index contributed by atoms with van der Waals surface area (Å²) in [5.74, 6) is 0.864. The molecule has 0 saturated carbocycles. The van der Waals surface area contributed by atoms with E-state index in [0.29, 0.717) is 18.9 Å². The fourth-order valence-corrected chi connectivity index (χ4v) is 2.72. The van der Waals surface area contributed by atoms with Crippen molar-refractivity contribution in [3.63, 3.8) is 0 Å². The summed E-state index contributed by atoms with van der Waals surface area (Å²) in [5, 5.41) is 6.12. The van der Waals surface area contributed by atoms with Gasteiger partial charge in [0.15, 0.2) is 5.76 Å². The van der Waals surface area contributed by atoms with Crippen LogP contribution in [0.5, 0.6) is 0 Å². The van der Waals surface area contributed by atoms with Gasteiger partial charge in [0, 0.05) is 25.8 Å². The van der Waals surface area contributed by atoms with Gasteiger partial charge in [0.05, 0.1) is 6.61 Å². The highest BCUT2D eigenvalue weighted by molar-refractivity contribution is 5.92. The molecule has 1 amide bonds. The van der Waals surface area contributed by atoms with E-state index >= 15 is 0 Å². The Hall–Kier alpha value is -2.11. The number of amides is 1. The molecular formula is C17H20N2O3. The first-order valence-electron chi connectivity index (χ1n) is 7.48. The van der Waals surface area contributed by atoms with Crippen LogP contribution in [0.4, 0.5) is 0 Å². The monoisotopic (exact) mass is 300 g/mol. The molecule has 2 aromatic rings. The van der Waals surface area contributed by atoms with Gasteiger partial charge in [-0.1, -0.05) is 18.2 Å². The third-order valence-corrected chi connectivity index (χ3v) is 3.83. The zero-order chi connectivity index (χ0) is 15.4. The van der Waals surface area contributed by atoms with Crippen molar-refractivity contribution in [3.8, 4) is 11.3 Å². The van der Waals surface area contributed by atoms with Gasteiger partial charge in [0.2, 0.25) is 0 Å². The molecule has 0 unspecified atom stereocenters. The van der Waals surface area contributed by atoms with Crippen LogP contribution in [0.3, 0.4) is 0 Å². The van der Waals surface area contributed by atoms with E-state index in [1.54, 1.807) is 13.2 Å². The normalized spacial score (nSPS) is 13.7. The number of fused-ring (bicyclic) bond motifs is 1. The fraction of sp³-hybridized carbons (Fsp3) is 0.353. The highest BCUT2D eigenvalue weighted by atomic mass is 16.5. The van der Waals surface area contributed by atoms with E-state index in [-0.39, 0.29) is 5.91 Å². The Morgan fingerprint density at radius 2 is 2.27 bits per heavy atom. The summed E-state index contributed by atoms with van der Waals surface area (Å²) in [6.07, 6.45) is 0.974. The number of carbonyl (C=O) groups excluding carboxylic acids is 1. The van der Waals surface area contributed by atoms with Crippen LogP contribution >= 0.6 is 0 Å². The van der Waals surface area contributed by atoms with E-state index in [9.17, 15) is 4.79 Å². The first kappa shape index (κ1) is 14.8. The highest BCUT2D eigenvalue weighted by Gasteiger charge is 2.17. The quantitative estimate of drug-likeness (QED) is 0.829. The number of nitrogens with one attached hydrogen (secondary N) is 2. The van der Waals surface area contributed by atoms with Gasteiger partial charge < -0.3 is 19.8 Å². The Morgan fingerprint density at radius 1 is 1.36 bits per heavy atom. The number of hydrogen-bond donors (Lipinski definition) is 2. The highest BCUT2D eigenvalue weighted by Crippen LogP contribution is 2.29. The number of ether oxygens (including phenoxy) is 1. The summed E-state index contributed by atoms with van der Waals surface area (Å²) in [7, 11) is 1.60. The minimum atomic E-state index is -0.213. The van der Waals surface area contributed by atoms with Crippen LogP contribution in [0, 0.1) is 0 Å². The molecule has 1 aliphatic heterocycles. The first-order valence-corrected chi connectivity index (χ1v) is 7.48. The van der Waals surface area contributed by atoms with E-state index < -0.39 is 0 Å². The van der Waals surface area contributed by atoms with Crippen molar-refractivity contribution in [3.05, 3.63) is 47.2 Å². The van der Waals surface area contributed by atoms with Crippen molar-refractivity contribution in [1.82, 2.24) is 10.6 Å². The number of hydrogen-bond acceptors (Lipinski definition) is 4. The molecule has 1 aromatic carbocycles. The standard InChI is InChI=1S/C17H20N2O3/c1-21-10-9-19-17(20)16-6-5-15(22-16)14-4-2-3-12-11-18-8-7-13(12)14/h2-6,18H,7-11H2,1H3,(H,19,20). The molecule has 0 bridgehead atoms. The summed E-state index contributed by atoms with van der Waals surface area (Å²) in [6.45, 7) is 2.81. The molecule has 2 heterocycles. The molecule has 0 aliphatic carbocycles. The van der Waals surface area contributed by atoms with Crippen LogP contribution in [-0.2, 0) is 17.7 Å². The molecule has 0 radical (unpaired) electrons. The maximum atomic E-state index is 12.0. The average Bonchev–Trinajstić information content (AvgIpc) is 3.04. The largest absolute Gasteiger partial charge is 0.451 e. The average molecular weight is 300 g/mol. The SMILES string of the molecule is COCCNC(=O)c1ccc(-c2cccc3c2CCNC3)o1. The maximum Gasteiger partial charge on any atom is 0.287 e. The zero-order valence-corrected chi connectivity index (χ0v) is 12.6. The van der Waals surface area contributed by atoms with Gasteiger partial charge in [-0.05, 0) is 36.2 Å². The molecule has 1 aliphatic rings. The molecule has 22 heavy (non-hydrogen) atoms. The van der Waals surface area contributed by atoms with Crippen molar-refractivity contribution < 1.29 is 13.9 Å². The number of carbonyl (C=O) groups is 1. The van der Waals surface area contributed by atoms with Crippen molar-refractivity contribution in [1.29, 1.82) is 0 Å². The molecule has 3 rings (SSSR count). The van der Waals surface area contributed by atoms with Gasteiger partial charge in [-0.3, -0.25) is 4.79 Å². The van der Waals surface area contributed by atoms with Crippen LogP contribution in [0.25, 0.3) is 11.3 Å². The van der Waals surface area contributed by atoms with Crippen LogP contribution in [0.2, 0.25) is 0 Å². The summed E-state index contributed by atoms with van der Waals surface area (Å²) in [5.41, 5.74) is 3.68. The summed E-state index contributed by atoms with van der Waals surface area (Å²) < 4.78 is 10.7. The van der Waals surface area contributed by atoms with Crippen molar-refractivity contribution in [2.24, 2.45) is 0 Å². The van der Waals surface area contributed by atoms with Gasteiger partial charge in [-0.15, -0.1) is 0 Å². The van der Waals surface area contributed by atoms with E-state index in [4.69, 9.17) is 9.15 Å². The van der Waals surface area contributed by atoms with Gasteiger partial charge >= 0.3 is 0 Å². The number of rotatable bonds is 5. The second-order valence-electron chi connectivity index (χ2n) is 5.28. The Balaban J connectivity index is 1.81. The van der Waals surface area contributed by atoms with Crippen LogP contribution in [0.1, 0.15) is 21.7 Å². The lowest BCUT2D eigenvalue weighted by atomic mass is 9.94. The van der Waals surface area contributed by atoms with Crippen LogP contribution in [0.15, 0.2) is 34.7 Å². The lowest BCUT2D eigenvalue weighted by Gasteiger charge is -2.19. The number of benzene rings is 1. The third kappa shape index (κ3) is 3.05. The van der Waals surface area contributed by atoms with Gasteiger partial charge in [-0.2, -0.15) is 0 Å². The van der Waals surface area contributed by atoms with Crippen LogP contribution in [-0.4, -0.2) is 32.7 Å². The summed E-state index contributed by atoms with van der Waals surface area (Å²) >= 11 is 0. The van der Waals surface area contributed by atoms with E-state index in [1.165, 1.54) is 11.1 Å². The minimum Gasteiger partial charge on any atom is -0.451 e. The lowest BCUT2D eigenvalue weighted by Crippen LogP contribution is -2.26. The van der Waals surface area contributed by atoms with Crippen molar-refractivity contribution >= 4 is 5.91 Å². The Labute approximate surface area is 129 Å². The molecule has 5 nitrogen and oxygen atoms in total. The molecule has 116 valence electrons. The van der Waals surface area contributed by atoms with Gasteiger partial charge in [-0.25, -0.2) is 0 Å². The maximum absolute atomic E-state index is 12.0. The van der Waals surface area contributed by atoms with Gasteiger partial charge in [0.1, 0.15) is 5.76 Å². The first-order chi connectivity index (χ1) is 10.8. The van der Waals surface area contributed by atoms with E-state index in [2.05, 4.69) is 22.8 Å². The molecule has 1 aromatic heterocycles. The Bertz CT molecular complexity index is 664. The molecular weight excluding hydrogens is 280 g/mol. The topological polar surface area (TPSA) is 63.5 Å². The summed E-state index contributed by atoms with van der Waals surface area (Å²) in [6, 6.07) is 9.80. The zero-order valence-electron chi connectivity index (χ0n) is 12.6. The third-order valence-electron chi connectivity index (χ3n) is 3.83. The predicted octanol–water partition coefficient (Wildman–Crippen LogP) is 1.97. The molecule has 0 atom stereocenters. The fourth-order valence-electron chi connectivity index (χ4n) is 2.72. The van der Waals surface area contributed by atoms with E-state index in [0.717, 1.165) is 30.8 Å². The van der Waals surface area contributed by atoms with E-state index in [1.807, 2.05) is 12.1 Å².